The summed E-state index contributed by atoms with van der Waals surface area (Å²) in [6.45, 7) is 2.70. The Bertz CT molecular complexity index is 759. The lowest BCUT2D eigenvalue weighted by atomic mass is 10.1. The number of carbonyl (C=O) groups excluding carboxylic acids is 1. The number of carbonyl (C=O) groups is 1. The van der Waals surface area contributed by atoms with Crippen molar-refractivity contribution in [3.05, 3.63) is 42.1 Å². The van der Waals surface area contributed by atoms with Crippen molar-refractivity contribution in [2.75, 3.05) is 52.4 Å². The molecule has 0 radical (unpaired) electrons. The molecule has 0 unspecified atom stereocenters. The number of piperazine rings is 1. The fourth-order valence-electron chi connectivity index (χ4n) is 3.12. The van der Waals surface area contributed by atoms with E-state index in [-0.39, 0.29) is 5.91 Å². The number of hydrogen-bond donors (Lipinski definition) is 0. The van der Waals surface area contributed by atoms with Crippen molar-refractivity contribution in [1.29, 1.82) is 0 Å². The highest BCUT2D eigenvalue weighted by atomic mass is 16.5. The van der Waals surface area contributed by atoms with Crippen LogP contribution in [0, 0.1) is 0 Å². The monoisotopic (exact) mass is 357 g/mol. The lowest BCUT2D eigenvalue weighted by Crippen LogP contribution is -2.49. The van der Waals surface area contributed by atoms with E-state index >= 15 is 0 Å². The van der Waals surface area contributed by atoms with E-state index in [4.69, 9.17) is 14.2 Å². The number of aromatic nitrogens is 1. The zero-order chi connectivity index (χ0) is 18.5. The quantitative estimate of drug-likeness (QED) is 0.816. The van der Waals surface area contributed by atoms with Crippen LogP contribution < -0.4 is 19.1 Å². The Morgan fingerprint density at radius 2 is 1.65 bits per heavy atom. The molecule has 0 saturated carbocycles. The first-order valence-corrected chi connectivity index (χ1v) is 8.43. The molecule has 0 N–H and O–H groups in total. The van der Waals surface area contributed by atoms with E-state index in [2.05, 4.69) is 9.88 Å². The number of hydrogen-bond acceptors (Lipinski definition) is 6. The Hall–Kier alpha value is -2.96. The Kier molecular flexibility index (Phi) is 5.46. The summed E-state index contributed by atoms with van der Waals surface area (Å²) in [5, 5.41) is 0. The predicted octanol–water partition coefficient (Wildman–Crippen LogP) is 2.07. The molecule has 1 aromatic carbocycles. The molecule has 1 fully saturated rings. The third-order valence-electron chi connectivity index (χ3n) is 4.47. The van der Waals surface area contributed by atoms with Crippen molar-refractivity contribution in [3.63, 3.8) is 0 Å². The van der Waals surface area contributed by atoms with Crippen LogP contribution in [0.2, 0.25) is 0 Å². The molecule has 0 bridgehead atoms. The third-order valence-corrected chi connectivity index (χ3v) is 4.47. The predicted molar refractivity (Wildman–Crippen MR) is 98.5 cm³/mol. The number of anilines is 1. The first kappa shape index (κ1) is 17.8. The fraction of sp³-hybridized carbons (Fsp3) is 0.368. The van der Waals surface area contributed by atoms with Gasteiger partial charge < -0.3 is 24.0 Å². The smallest absolute Gasteiger partial charge is 0.257 e. The van der Waals surface area contributed by atoms with E-state index < -0.39 is 0 Å². The molecular formula is C19H23N3O4. The van der Waals surface area contributed by atoms with Crippen LogP contribution in [0.1, 0.15) is 10.4 Å². The number of nitrogens with zero attached hydrogens (tertiary/aromatic N) is 3. The third kappa shape index (κ3) is 3.37. The minimum absolute atomic E-state index is 0.0801. The van der Waals surface area contributed by atoms with Gasteiger partial charge in [-0.05, 0) is 24.3 Å². The van der Waals surface area contributed by atoms with Gasteiger partial charge in [0, 0.05) is 32.4 Å². The largest absolute Gasteiger partial charge is 0.493 e. The van der Waals surface area contributed by atoms with Crippen LogP contribution in [0.3, 0.4) is 0 Å². The van der Waals surface area contributed by atoms with Crippen molar-refractivity contribution in [2.24, 2.45) is 0 Å². The topological polar surface area (TPSA) is 64.1 Å². The van der Waals surface area contributed by atoms with Crippen molar-refractivity contribution in [1.82, 2.24) is 9.88 Å². The summed E-state index contributed by atoms with van der Waals surface area (Å²) in [6.07, 6.45) is 1.78. The van der Waals surface area contributed by atoms with E-state index in [9.17, 15) is 4.79 Å². The second-order valence-electron chi connectivity index (χ2n) is 5.85. The van der Waals surface area contributed by atoms with E-state index in [0.29, 0.717) is 35.9 Å². The van der Waals surface area contributed by atoms with Crippen molar-refractivity contribution in [3.8, 4) is 17.2 Å². The molecule has 0 spiro atoms. The van der Waals surface area contributed by atoms with Crippen LogP contribution in [0.5, 0.6) is 17.2 Å². The van der Waals surface area contributed by atoms with Gasteiger partial charge >= 0.3 is 0 Å². The SMILES string of the molecule is COc1ccc(C(=O)N2CCN(c3ccccn3)CC2)c(OC)c1OC. The summed E-state index contributed by atoms with van der Waals surface area (Å²) < 4.78 is 16.1. The molecule has 2 aromatic rings. The van der Waals surface area contributed by atoms with E-state index in [1.54, 1.807) is 25.4 Å². The van der Waals surface area contributed by atoms with Crippen LogP contribution in [-0.4, -0.2) is 63.3 Å². The Labute approximate surface area is 153 Å². The Balaban J connectivity index is 1.76. The Morgan fingerprint density at radius 1 is 0.923 bits per heavy atom. The van der Waals surface area contributed by atoms with Crippen molar-refractivity contribution >= 4 is 11.7 Å². The average Bonchev–Trinajstić information content (AvgIpc) is 2.72. The maximum atomic E-state index is 13.0. The highest BCUT2D eigenvalue weighted by Gasteiger charge is 2.27. The molecule has 1 amide bonds. The summed E-state index contributed by atoms with van der Waals surface area (Å²) >= 11 is 0. The first-order valence-electron chi connectivity index (χ1n) is 8.43. The second-order valence-corrected chi connectivity index (χ2v) is 5.85. The fourth-order valence-corrected chi connectivity index (χ4v) is 3.12. The number of rotatable bonds is 5. The van der Waals surface area contributed by atoms with Crippen molar-refractivity contribution in [2.45, 2.75) is 0 Å². The molecule has 0 aliphatic carbocycles. The summed E-state index contributed by atoms with van der Waals surface area (Å²) in [5.41, 5.74) is 0.469. The zero-order valence-electron chi connectivity index (χ0n) is 15.3. The lowest BCUT2D eigenvalue weighted by Gasteiger charge is -2.35. The van der Waals surface area contributed by atoms with Gasteiger partial charge in [-0.25, -0.2) is 4.98 Å². The van der Waals surface area contributed by atoms with Gasteiger partial charge in [-0.15, -0.1) is 0 Å². The molecule has 7 heteroatoms. The lowest BCUT2D eigenvalue weighted by molar-refractivity contribution is 0.0742. The molecule has 1 aromatic heterocycles. The van der Waals surface area contributed by atoms with Gasteiger partial charge in [-0.1, -0.05) is 6.07 Å². The number of pyridine rings is 1. The van der Waals surface area contributed by atoms with Gasteiger partial charge in [0.15, 0.2) is 11.5 Å². The molecule has 26 heavy (non-hydrogen) atoms. The second kappa shape index (κ2) is 7.95. The number of ether oxygens (including phenoxy) is 3. The summed E-state index contributed by atoms with van der Waals surface area (Å²) in [5.74, 6) is 2.20. The maximum absolute atomic E-state index is 13.0. The van der Waals surface area contributed by atoms with Gasteiger partial charge in [-0.3, -0.25) is 4.79 Å². The minimum atomic E-state index is -0.0801. The van der Waals surface area contributed by atoms with Crippen molar-refractivity contribution < 1.29 is 19.0 Å². The highest BCUT2D eigenvalue weighted by Crippen LogP contribution is 2.40. The number of benzene rings is 1. The van der Waals surface area contributed by atoms with E-state index in [0.717, 1.165) is 18.9 Å². The molecule has 1 aliphatic rings. The van der Waals surface area contributed by atoms with E-state index in [1.807, 2.05) is 23.1 Å². The van der Waals surface area contributed by atoms with Gasteiger partial charge in [0.1, 0.15) is 5.82 Å². The van der Waals surface area contributed by atoms with Gasteiger partial charge in [-0.2, -0.15) is 0 Å². The van der Waals surface area contributed by atoms with Crippen LogP contribution >= 0.6 is 0 Å². The number of amides is 1. The molecule has 3 rings (SSSR count). The Morgan fingerprint density at radius 3 is 2.23 bits per heavy atom. The summed E-state index contributed by atoms with van der Waals surface area (Å²) in [7, 11) is 4.60. The highest BCUT2D eigenvalue weighted by molar-refractivity contribution is 5.98. The van der Waals surface area contributed by atoms with Gasteiger partial charge in [0.25, 0.3) is 5.91 Å². The molecule has 1 saturated heterocycles. The maximum Gasteiger partial charge on any atom is 0.257 e. The minimum Gasteiger partial charge on any atom is -0.493 e. The van der Waals surface area contributed by atoms with Crippen LogP contribution in [0.15, 0.2) is 36.5 Å². The average molecular weight is 357 g/mol. The molecular weight excluding hydrogens is 334 g/mol. The standard InChI is InChI=1S/C19H23N3O4/c1-24-15-8-7-14(17(25-2)18(15)26-3)19(23)22-12-10-21(11-13-22)16-6-4-5-9-20-16/h4-9H,10-13H2,1-3H3. The summed E-state index contributed by atoms with van der Waals surface area (Å²) in [4.78, 5) is 21.4. The zero-order valence-corrected chi connectivity index (χ0v) is 15.3. The van der Waals surface area contributed by atoms with Gasteiger partial charge in [0.2, 0.25) is 5.75 Å². The number of methoxy groups -OCH3 is 3. The first-order chi connectivity index (χ1) is 12.7. The normalized spacial score (nSPS) is 14.1. The van der Waals surface area contributed by atoms with E-state index in [1.165, 1.54) is 14.2 Å². The summed E-state index contributed by atoms with van der Waals surface area (Å²) in [6, 6.07) is 9.28. The molecule has 2 heterocycles. The van der Waals surface area contributed by atoms with Gasteiger partial charge in [0.05, 0.1) is 26.9 Å². The molecule has 138 valence electrons. The van der Waals surface area contributed by atoms with Crippen LogP contribution in [-0.2, 0) is 0 Å². The molecule has 0 atom stereocenters. The molecule has 7 nitrogen and oxygen atoms in total. The molecule has 1 aliphatic heterocycles. The van der Waals surface area contributed by atoms with Crippen LogP contribution in [0.4, 0.5) is 5.82 Å². The van der Waals surface area contributed by atoms with Crippen LogP contribution in [0.25, 0.3) is 0 Å².